The molecule has 0 spiro atoms. The molecule has 106 valence electrons. The van der Waals surface area contributed by atoms with E-state index in [1.54, 1.807) is 0 Å². The van der Waals surface area contributed by atoms with Crippen LogP contribution in [0.2, 0.25) is 5.02 Å². The Morgan fingerprint density at radius 2 is 1.90 bits per heavy atom. The van der Waals surface area contributed by atoms with Gasteiger partial charge in [-0.3, -0.25) is 0 Å². The fraction of sp³-hybridized carbons (Fsp3) is 0.250. The Balaban J connectivity index is 2.06. The molecule has 0 amide bonds. The molecule has 0 aliphatic heterocycles. The van der Waals surface area contributed by atoms with E-state index in [9.17, 15) is 0 Å². The topological polar surface area (TPSA) is 21.3 Å². The summed E-state index contributed by atoms with van der Waals surface area (Å²) in [7, 11) is 0. The standard InChI is InChI=1S/C16H17BrClNO/c1-2-19-10-13-9-14(17)5-8-16(13)20-11-12-3-6-15(18)7-4-12/h3-9,19H,2,10-11H2,1H3. The van der Waals surface area contributed by atoms with Crippen molar-refractivity contribution in [1.29, 1.82) is 0 Å². The van der Waals surface area contributed by atoms with E-state index in [0.717, 1.165) is 39.5 Å². The molecule has 0 aliphatic carbocycles. The van der Waals surface area contributed by atoms with E-state index in [4.69, 9.17) is 16.3 Å². The number of hydrogen-bond donors (Lipinski definition) is 1. The quantitative estimate of drug-likeness (QED) is 0.805. The fourth-order valence-electron chi connectivity index (χ4n) is 1.83. The number of halogens is 2. The van der Waals surface area contributed by atoms with Crippen LogP contribution in [0.5, 0.6) is 5.75 Å². The predicted octanol–water partition coefficient (Wildman–Crippen LogP) is 4.79. The second-order valence-electron chi connectivity index (χ2n) is 4.45. The smallest absolute Gasteiger partial charge is 0.124 e. The molecular weight excluding hydrogens is 338 g/mol. The van der Waals surface area contributed by atoms with Gasteiger partial charge in [0.05, 0.1) is 0 Å². The largest absolute Gasteiger partial charge is 0.489 e. The molecule has 0 heterocycles. The first-order valence-electron chi connectivity index (χ1n) is 6.55. The van der Waals surface area contributed by atoms with Crippen molar-refractivity contribution in [2.45, 2.75) is 20.1 Å². The van der Waals surface area contributed by atoms with Crippen LogP contribution in [-0.2, 0) is 13.2 Å². The van der Waals surface area contributed by atoms with Gasteiger partial charge >= 0.3 is 0 Å². The summed E-state index contributed by atoms with van der Waals surface area (Å²) in [4.78, 5) is 0. The lowest BCUT2D eigenvalue weighted by Crippen LogP contribution is -2.13. The van der Waals surface area contributed by atoms with Crippen LogP contribution >= 0.6 is 27.5 Å². The van der Waals surface area contributed by atoms with E-state index in [1.807, 2.05) is 36.4 Å². The molecule has 20 heavy (non-hydrogen) atoms. The van der Waals surface area contributed by atoms with Crippen molar-refractivity contribution in [3.8, 4) is 5.75 Å². The molecule has 0 atom stereocenters. The third kappa shape index (κ3) is 4.51. The van der Waals surface area contributed by atoms with Gasteiger partial charge in [0.25, 0.3) is 0 Å². The van der Waals surface area contributed by atoms with Gasteiger partial charge in [0, 0.05) is 21.6 Å². The van der Waals surface area contributed by atoms with Gasteiger partial charge < -0.3 is 10.1 Å². The summed E-state index contributed by atoms with van der Waals surface area (Å²) in [5.41, 5.74) is 2.25. The summed E-state index contributed by atoms with van der Waals surface area (Å²) in [5, 5.41) is 4.06. The minimum absolute atomic E-state index is 0.540. The molecule has 2 rings (SSSR count). The van der Waals surface area contributed by atoms with Gasteiger partial charge in [-0.1, -0.05) is 46.6 Å². The van der Waals surface area contributed by atoms with Crippen LogP contribution in [0.4, 0.5) is 0 Å². The Morgan fingerprint density at radius 1 is 1.15 bits per heavy atom. The van der Waals surface area contributed by atoms with Crippen LogP contribution in [0.3, 0.4) is 0 Å². The zero-order chi connectivity index (χ0) is 14.4. The van der Waals surface area contributed by atoms with E-state index in [1.165, 1.54) is 0 Å². The van der Waals surface area contributed by atoms with Gasteiger partial charge in [0.15, 0.2) is 0 Å². The van der Waals surface area contributed by atoms with Crippen molar-refractivity contribution >= 4 is 27.5 Å². The SMILES string of the molecule is CCNCc1cc(Br)ccc1OCc1ccc(Cl)cc1. The van der Waals surface area contributed by atoms with E-state index < -0.39 is 0 Å². The maximum atomic E-state index is 5.91. The molecule has 1 N–H and O–H groups in total. The van der Waals surface area contributed by atoms with Crippen LogP contribution in [0.15, 0.2) is 46.9 Å². The predicted molar refractivity (Wildman–Crippen MR) is 87.3 cm³/mol. The molecule has 2 aromatic rings. The van der Waals surface area contributed by atoms with Gasteiger partial charge in [-0.2, -0.15) is 0 Å². The summed E-state index contributed by atoms with van der Waals surface area (Å²) >= 11 is 9.37. The number of nitrogens with one attached hydrogen (secondary N) is 1. The van der Waals surface area contributed by atoms with Crippen LogP contribution in [0, 0.1) is 0 Å². The highest BCUT2D eigenvalue weighted by Gasteiger charge is 2.05. The van der Waals surface area contributed by atoms with Crippen LogP contribution in [0.1, 0.15) is 18.1 Å². The first kappa shape index (κ1) is 15.4. The summed E-state index contributed by atoms with van der Waals surface area (Å²) in [6, 6.07) is 13.8. The van der Waals surface area contributed by atoms with Gasteiger partial charge in [0.2, 0.25) is 0 Å². The maximum Gasteiger partial charge on any atom is 0.124 e. The fourth-order valence-corrected chi connectivity index (χ4v) is 2.36. The van der Waals surface area contributed by atoms with Gasteiger partial charge in [-0.15, -0.1) is 0 Å². The lowest BCUT2D eigenvalue weighted by molar-refractivity contribution is 0.302. The summed E-state index contributed by atoms with van der Waals surface area (Å²) in [6.45, 7) is 4.36. The Hall–Kier alpha value is -1.03. The average molecular weight is 355 g/mol. The second kappa shape index (κ2) is 7.67. The normalized spacial score (nSPS) is 10.6. The molecule has 2 aromatic carbocycles. The third-order valence-electron chi connectivity index (χ3n) is 2.90. The van der Waals surface area contributed by atoms with Crippen LogP contribution in [0.25, 0.3) is 0 Å². The third-order valence-corrected chi connectivity index (χ3v) is 3.64. The zero-order valence-corrected chi connectivity index (χ0v) is 13.7. The molecular formula is C16H17BrClNO. The lowest BCUT2D eigenvalue weighted by atomic mass is 10.2. The first-order valence-corrected chi connectivity index (χ1v) is 7.72. The van der Waals surface area contributed by atoms with Crippen molar-refractivity contribution < 1.29 is 4.74 Å². The number of benzene rings is 2. The molecule has 0 saturated carbocycles. The molecule has 0 radical (unpaired) electrons. The van der Waals surface area contributed by atoms with E-state index in [-0.39, 0.29) is 0 Å². The van der Waals surface area contributed by atoms with Gasteiger partial charge in [-0.05, 0) is 42.4 Å². The van der Waals surface area contributed by atoms with Crippen molar-refractivity contribution in [2.24, 2.45) is 0 Å². The molecule has 0 aliphatic rings. The molecule has 0 unspecified atom stereocenters. The van der Waals surface area contributed by atoms with E-state index in [2.05, 4.69) is 34.2 Å². The summed E-state index contributed by atoms with van der Waals surface area (Å²) in [5.74, 6) is 0.907. The summed E-state index contributed by atoms with van der Waals surface area (Å²) < 4.78 is 6.97. The Kier molecular flexibility index (Phi) is 5.89. The first-order chi connectivity index (χ1) is 9.69. The van der Waals surface area contributed by atoms with Crippen LogP contribution in [-0.4, -0.2) is 6.54 Å². The molecule has 2 nitrogen and oxygen atoms in total. The lowest BCUT2D eigenvalue weighted by Gasteiger charge is -2.12. The van der Waals surface area contributed by atoms with Gasteiger partial charge in [0.1, 0.15) is 12.4 Å². The number of hydrogen-bond acceptors (Lipinski definition) is 2. The van der Waals surface area contributed by atoms with Gasteiger partial charge in [-0.25, -0.2) is 0 Å². The molecule has 4 heteroatoms. The van der Waals surface area contributed by atoms with Crippen molar-refractivity contribution in [2.75, 3.05) is 6.54 Å². The van der Waals surface area contributed by atoms with Crippen molar-refractivity contribution in [3.63, 3.8) is 0 Å². The molecule has 0 bridgehead atoms. The summed E-state index contributed by atoms with van der Waals surface area (Å²) in [6.07, 6.45) is 0. The molecule has 0 aromatic heterocycles. The minimum Gasteiger partial charge on any atom is -0.489 e. The highest BCUT2D eigenvalue weighted by Crippen LogP contribution is 2.24. The minimum atomic E-state index is 0.540. The van der Waals surface area contributed by atoms with Crippen LogP contribution < -0.4 is 10.1 Å². The Bertz CT molecular complexity index is 557. The van der Waals surface area contributed by atoms with Crippen molar-refractivity contribution in [3.05, 3.63) is 63.1 Å². The number of ether oxygens (including phenoxy) is 1. The maximum absolute atomic E-state index is 5.91. The number of rotatable bonds is 6. The average Bonchev–Trinajstić information content (AvgIpc) is 2.46. The van der Waals surface area contributed by atoms with E-state index >= 15 is 0 Å². The highest BCUT2D eigenvalue weighted by molar-refractivity contribution is 9.10. The van der Waals surface area contributed by atoms with Crippen molar-refractivity contribution in [1.82, 2.24) is 5.32 Å². The Morgan fingerprint density at radius 3 is 2.60 bits per heavy atom. The monoisotopic (exact) mass is 353 g/mol. The highest BCUT2D eigenvalue weighted by atomic mass is 79.9. The zero-order valence-electron chi connectivity index (χ0n) is 11.3. The van der Waals surface area contributed by atoms with E-state index in [0.29, 0.717) is 6.61 Å². The Labute approximate surface area is 133 Å². The molecule has 0 saturated heterocycles. The second-order valence-corrected chi connectivity index (χ2v) is 5.80. The molecule has 0 fully saturated rings.